The van der Waals surface area contributed by atoms with Crippen molar-refractivity contribution in [1.29, 1.82) is 0 Å². The van der Waals surface area contributed by atoms with Gasteiger partial charge in [0.1, 0.15) is 8.64 Å². The average molecular weight is 365 g/mol. The van der Waals surface area contributed by atoms with E-state index in [1.165, 1.54) is 0 Å². The highest BCUT2D eigenvalue weighted by molar-refractivity contribution is 8.11. The SMILES string of the molecule is S=C(S)N(Cc1ccccc1)CN(C(=S)S)c1ccccc1. The summed E-state index contributed by atoms with van der Waals surface area (Å²) in [5.41, 5.74) is 2.14. The van der Waals surface area contributed by atoms with Gasteiger partial charge < -0.3 is 9.80 Å². The molecule has 2 nitrogen and oxygen atoms in total. The lowest BCUT2D eigenvalue weighted by Crippen LogP contribution is -2.40. The molecule has 0 heterocycles. The molecule has 6 heteroatoms. The predicted octanol–water partition coefficient (Wildman–Crippen LogP) is 4.38. The Hall–Kier alpha value is -1.08. The first-order valence-corrected chi connectivity index (χ1v) is 8.36. The highest BCUT2D eigenvalue weighted by Crippen LogP contribution is 2.18. The van der Waals surface area contributed by atoms with Gasteiger partial charge >= 0.3 is 0 Å². The van der Waals surface area contributed by atoms with Gasteiger partial charge in [-0.3, -0.25) is 0 Å². The fourth-order valence-electron chi connectivity index (χ4n) is 2.01. The Balaban J connectivity index is 2.18. The average Bonchev–Trinajstić information content (AvgIpc) is 2.52. The molecule has 0 saturated carbocycles. The van der Waals surface area contributed by atoms with E-state index < -0.39 is 0 Å². The molecule has 22 heavy (non-hydrogen) atoms. The summed E-state index contributed by atoms with van der Waals surface area (Å²) in [4.78, 5) is 3.90. The van der Waals surface area contributed by atoms with Crippen LogP contribution in [0.25, 0.3) is 0 Å². The summed E-state index contributed by atoms with van der Waals surface area (Å²) in [7, 11) is 0. The monoisotopic (exact) mass is 364 g/mol. The van der Waals surface area contributed by atoms with Crippen LogP contribution < -0.4 is 4.90 Å². The van der Waals surface area contributed by atoms with Gasteiger partial charge in [-0.25, -0.2) is 0 Å². The third-order valence-electron chi connectivity index (χ3n) is 3.10. The number of thiol groups is 2. The molecule has 2 rings (SSSR count). The molecular weight excluding hydrogens is 348 g/mol. The summed E-state index contributed by atoms with van der Waals surface area (Å²) >= 11 is 19.2. The third-order valence-corrected chi connectivity index (χ3v) is 4.10. The predicted molar refractivity (Wildman–Crippen MR) is 109 cm³/mol. The van der Waals surface area contributed by atoms with Crippen molar-refractivity contribution >= 4 is 64.0 Å². The number of hydrogen-bond acceptors (Lipinski definition) is 2. The van der Waals surface area contributed by atoms with Crippen LogP contribution in [0.2, 0.25) is 0 Å². The molecule has 0 N–H and O–H groups in total. The standard InChI is InChI=1S/C16H16N2S4/c19-15(20)17(11-13-7-3-1-4-8-13)12-18(16(21)22)14-9-5-2-6-10-14/h1-10H,11-12H2,(H,19,20)(H,21,22). The fraction of sp³-hybridized carbons (Fsp3) is 0.125. The number of benzene rings is 2. The number of para-hydroxylation sites is 1. The van der Waals surface area contributed by atoms with Crippen molar-refractivity contribution in [1.82, 2.24) is 4.90 Å². The van der Waals surface area contributed by atoms with Crippen molar-refractivity contribution in [2.24, 2.45) is 0 Å². The van der Waals surface area contributed by atoms with E-state index in [2.05, 4.69) is 37.4 Å². The third kappa shape index (κ3) is 4.98. The molecule has 2 aromatic rings. The zero-order valence-corrected chi connectivity index (χ0v) is 15.2. The zero-order chi connectivity index (χ0) is 15.9. The minimum absolute atomic E-state index is 0.494. The lowest BCUT2D eigenvalue weighted by atomic mass is 10.2. The molecule has 0 aromatic heterocycles. The Labute approximate surface area is 152 Å². The van der Waals surface area contributed by atoms with Crippen LogP contribution in [0.15, 0.2) is 60.7 Å². The van der Waals surface area contributed by atoms with E-state index in [-0.39, 0.29) is 0 Å². The van der Waals surface area contributed by atoms with Gasteiger partial charge in [-0.05, 0) is 17.7 Å². The summed E-state index contributed by atoms with van der Waals surface area (Å²) < 4.78 is 1.02. The van der Waals surface area contributed by atoms with Crippen molar-refractivity contribution in [3.8, 4) is 0 Å². The molecule has 0 unspecified atom stereocenters. The molecule has 114 valence electrons. The van der Waals surface area contributed by atoms with E-state index in [9.17, 15) is 0 Å². The molecule has 0 atom stereocenters. The fourth-order valence-corrected chi connectivity index (χ4v) is 2.61. The minimum atomic E-state index is 0.494. The van der Waals surface area contributed by atoms with Crippen molar-refractivity contribution < 1.29 is 0 Å². The molecule has 0 bridgehead atoms. The lowest BCUT2D eigenvalue weighted by molar-refractivity contribution is 0.441. The van der Waals surface area contributed by atoms with Crippen LogP contribution in [-0.4, -0.2) is 20.2 Å². The first-order chi connectivity index (χ1) is 10.6. The van der Waals surface area contributed by atoms with Crippen LogP contribution in [0, 0.1) is 0 Å². The smallest absolute Gasteiger partial charge is 0.139 e. The molecule has 0 saturated heterocycles. The van der Waals surface area contributed by atoms with Gasteiger partial charge in [-0.2, -0.15) is 0 Å². The molecule has 2 aromatic carbocycles. The summed E-state index contributed by atoms with van der Waals surface area (Å²) in [6.07, 6.45) is 0. The quantitative estimate of drug-likeness (QED) is 0.461. The Morgan fingerprint density at radius 1 is 0.818 bits per heavy atom. The van der Waals surface area contributed by atoms with Gasteiger partial charge in [0.25, 0.3) is 0 Å². The van der Waals surface area contributed by atoms with Crippen LogP contribution in [0.3, 0.4) is 0 Å². The Morgan fingerprint density at radius 2 is 1.36 bits per heavy atom. The summed E-state index contributed by atoms with van der Waals surface area (Å²) in [5.74, 6) is 0. The van der Waals surface area contributed by atoms with Crippen LogP contribution in [0.1, 0.15) is 5.56 Å². The van der Waals surface area contributed by atoms with Crippen LogP contribution in [-0.2, 0) is 6.54 Å². The van der Waals surface area contributed by atoms with Gasteiger partial charge in [-0.1, -0.05) is 73.0 Å². The lowest BCUT2D eigenvalue weighted by Gasteiger charge is -2.31. The normalized spacial score (nSPS) is 10.1. The summed E-state index contributed by atoms with van der Waals surface area (Å²) in [6, 6.07) is 20.0. The van der Waals surface area contributed by atoms with Gasteiger partial charge in [-0.15, -0.1) is 25.3 Å². The highest BCUT2D eigenvalue weighted by Gasteiger charge is 2.15. The number of rotatable bonds is 5. The first-order valence-electron chi connectivity index (χ1n) is 6.65. The summed E-state index contributed by atoms with van der Waals surface area (Å²) in [6.45, 7) is 1.17. The molecular formula is C16H16N2S4. The molecule has 0 fully saturated rings. The number of thiocarbonyl (C=S) groups is 2. The Morgan fingerprint density at radius 3 is 1.86 bits per heavy atom. The van der Waals surface area contributed by atoms with Crippen LogP contribution in [0.4, 0.5) is 5.69 Å². The van der Waals surface area contributed by atoms with Gasteiger partial charge in [0.15, 0.2) is 0 Å². The van der Waals surface area contributed by atoms with Crippen molar-refractivity contribution in [2.75, 3.05) is 11.6 Å². The second kappa shape index (κ2) is 8.53. The topological polar surface area (TPSA) is 6.48 Å². The van der Waals surface area contributed by atoms with Crippen molar-refractivity contribution in [3.05, 3.63) is 66.2 Å². The van der Waals surface area contributed by atoms with E-state index in [4.69, 9.17) is 24.4 Å². The van der Waals surface area contributed by atoms with E-state index in [1.807, 2.05) is 58.3 Å². The second-order valence-electron chi connectivity index (χ2n) is 4.65. The zero-order valence-electron chi connectivity index (χ0n) is 11.8. The number of hydrogen-bond donors (Lipinski definition) is 2. The maximum absolute atomic E-state index is 5.27. The molecule has 0 aliphatic heterocycles. The largest absolute Gasteiger partial charge is 0.335 e. The van der Waals surface area contributed by atoms with Gasteiger partial charge in [0.05, 0.1) is 6.67 Å². The van der Waals surface area contributed by atoms with Crippen LogP contribution in [0.5, 0.6) is 0 Å². The second-order valence-corrected chi connectivity index (χ2v) is 6.88. The highest BCUT2D eigenvalue weighted by atomic mass is 32.1. The van der Waals surface area contributed by atoms with Crippen LogP contribution >= 0.6 is 49.7 Å². The van der Waals surface area contributed by atoms with E-state index in [1.54, 1.807) is 0 Å². The number of anilines is 1. The minimum Gasteiger partial charge on any atom is -0.335 e. The van der Waals surface area contributed by atoms with E-state index in [0.717, 1.165) is 11.3 Å². The molecule has 0 spiro atoms. The van der Waals surface area contributed by atoms with E-state index >= 15 is 0 Å². The Kier molecular flexibility index (Phi) is 6.70. The van der Waals surface area contributed by atoms with Crippen molar-refractivity contribution in [3.63, 3.8) is 0 Å². The maximum Gasteiger partial charge on any atom is 0.139 e. The summed E-state index contributed by atoms with van der Waals surface area (Å²) in [5, 5.41) is 0. The van der Waals surface area contributed by atoms with E-state index in [0.29, 0.717) is 21.9 Å². The number of nitrogens with zero attached hydrogens (tertiary/aromatic N) is 2. The van der Waals surface area contributed by atoms with Gasteiger partial charge in [0, 0.05) is 12.2 Å². The molecule has 0 aliphatic rings. The molecule has 0 aliphatic carbocycles. The van der Waals surface area contributed by atoms with Crippen molar-refractivity contribution in [2.45, 2.75) is 6.54 Å². The molecule has 0 radical (unpaired) electrons. The first kappa shape index (κ1) is 17.3. The Bertz CT molecular complexity index is 631. The maximum atomic E-state index is 5.27. The molecule has 0 amide bonds. The van der Waals surface area contributed by atoms with Gasteiger partial charge in [0.2, 0.25) is 0 Å².